The highest BCUT2D eigenvalue weighted by Crippen LogP contribution is 2.26. The van der Waals surface area contributed by atoms with Gasteiger partial charge in [-0.1, -0.05) is 17.7 Å². The summed E-state index contributed by atoms with van der Waals surface area (Å²) in [5, 5.41) is 0. The van der Waals surface area contributed by atoms with Gasteiger partial charge in [0.25, 0.3) is 0 Å². The van der Waals surface area contributed by atoms with Gasteiger partial charge in [0.15, 0.2) is 0 Å². The molecule has 1 fully saturated rings. The summed E-state index contributed by atoms with van der Waals surface area (Å²) < 4.78 is 0. The van der Waals surface area contributed by atoms with Gasteiger partial charge in [0.1, 0.15) is 0 Å². The molecule has 19 heavy (non-hydrogen) atoms. The number of likely N-dealkylation sites (tertiary alicyclic amines) is 1. The van der Waals surface area contributed by atoms with E-state index in [4.69, 9.17) is 11.6 Å². The Kier molecular flexibility index (Phi) is 5.29. The molecule has 0 radical (unpaired) electrons. The van der Waals surface area contributed by atoms with Crippen LogP contribution in [0.3, 0.4) is 0 Å². The standard InChI is InChI=1S/C17H26ClN/c1-13-10-14(2)17(15(3)11-13)12-19-9-5-7-16(19)6-4-8-18/h10-11,16H,4-9,12H2,1-3H3. The number of nitrogens with zero attached hydrogens (tertiary/aromatic N) is 1. The molecule has 0 N–H and O–H groups in total. The van der Waals surface area contributed by atoms with E-state index in [0.717, 1.165) is 24.9 Å². The summed E-state index contributed by atoms with van der Waals surface area (Å²) in [6.07, 6.45) is 5.10. The van der Waals surface area contributed by atoms with Gasteiger partial charge in [0.05, 0.1) is 0 Å². The van der Waals surface area contributed by atoms with E-state index in [2.05, 4.69) is 37.8 Å². The molecule has 0 spiro atoms. The van der Waals surface area contributed by atoms with Crippen molar-refractivity contribution in [3.63, 3.8) is 0 Å². The van der Waals surface area contributed by atoms with Gasteiger partial charge in [0.2, 0.25) is 0 Å². The van der Waals surface area contributed by atoms with Crippen LogP contribution in [-0.2, 0) is 6.54 Å². The lowest BCUT2D eigenvalue weighted by molar-refractivity contribution is 0.233. The molecule has 0 saturated carbocycles. The molecule has 2 rings (SSSR count). The number of rotatable bonds is 5. The molecular formula is C17H26ClN. The average Bonchev–Trinajstić information content (AvgIpc) is 2.78. The number of benzene rings is 1. The van der Waals surface area contributed by atoms with Gasteiger partial charge in [-0.15, -0.1) is 11.6 Å². The van der Waals surface area contributed by atoms with Crippen LogP contribution >= 0.6 is 11.6 Å². The molecule has 1 atom stereocenters. The SMILES string of the molecule is Cc1cc(C)c(CN2CCCC2CCCCl)c(C)c1. The summed E-state index contributed by atoms with van der Waals surface area (Å²) in [5.74, 6) is 0.799. The number of halogens is 1. The lowest BCUT2D eigenvalue weighted by atomic mass is 9.99. The Morgan fingerprint density at radius 3 is 2.53 bits per heavy atom. The topological polar surface area (TPSA) is 3.24 Å². The predicted octanol–water partition coefficient (Wildman–Crippen LogP) is 4.60. The largest absolute Gasteiger partial charge is 0.296 e. The minimum atomic E-state index is 0.749. The molecule has 1 aromatic rings. The van der Waals surface area contributed by atoms with Crippen LogP contribution in [0.25, 0.3) is 0 Å². The van der Waals surface area contributed by atoms with Gasteiger partial charge in [0, 0.05) is 18.5 Å². The van der Waals surface area contributed by atoms with Crippen molar-refractivity contribution < 1.29 is 0 Å². The van der Waals surface area contributed by atoms with Crippen LogP contribution in [0.1, 0.15) is 47.9 Å². The van der Waals surface area contributed by atoms with Crippen LogP contribution in [0.4, 0.5) is 0 Å². The third-order valence-corrected chi connectivity index (χ3v) is 4.64. The third-order valence-electron chi connectivity index (χ3n) is 4.37. The van der Waals surface area contributed by atoms with Crippen molar-refractivity contribution >= 4 is 11.6 Å². The molecule has 1 nitrogen and oxygen atoms in total. The Hall–Kier alpha value is -0.530. The molecule has 2 heteroatoms. The van der Waals surface area contributed by atoms with Crippen molar-refractivity contribution in [2.45, 2.75) is 59.0 Å². The maximum absolute atomic E-state index is 5.84. The van der Waals surface area contributed by atoms with Crippen molar-refractivity contribution in [1.82, 2.24) is 4.90 Å². The van der Waals surface area contributed by atoms with Crippen molar-refractivity contribution in [2.24, 2.45) is 0 Å². The van der Waals surface area contributed by atoms with Gasteiger partial charge in [-0.25, -0.2) is 0 Å². The summed E-state index contributed by atoms with van der Waals surface area (Å²) in [6.45, 7) is 9.05. The zero-order valence-electron chi connectivity index (χ0n) is 12.5. The van der Waals surface area contributed by atoms with E-state index >= 15 is 0 Å². The van der Waals surface area contributed by atoms with E-state index < -0.39 is 0 Å². The van der Waals surface area contributed by atoms with Crippen molar-refractivity contribution in [3.8, 4) is 0 Å². The van der Waals surface area contributed by atoms with E-state index in [1.54, 1.807) is 0 Å². The lowest BCUT2D eigenvalue weighted by Gasteiger charge is -2.26. The zero-order chi connectivity index (χ0) is 13.8. The summed E-state index contributed by atoms with van der Waals surface area (Å²) in [5.41, 5.74) is 5.79. The highest BCUT2D eigenvalue weighted by atomic mass is 35.5. The molecule has 1 saturated heterocycles. The lowest BCUT2D eigenvalue weighted by Crippen LogP contribution is -2.29. The average molecular weight is 280 g/mol. The summed E-state index contributed by atoms with van der Waals surface area (Å²) in [4.78, 5) is 2.66. The second kappa shape index (κ2) is 6.76. The van der Waals surface area contributed by atoms with Gasteiger partial charge in [-0.3, -0.25) is 4.90 Å². The van der Waals surface area contributed by atoms with Crippen LogP contribution in [0.15, 0.2) is 12.1 Å². The van der Waals surface area contributed by atoms with Crippen molar-refractivity contribution in [3.05, 3.63) is 34.4 Å². The first-order valence-corrected chi connectivity index (χ1v) is 8.02. The minimum absolute atomic E-state index is 0.749. The van der Waals surface area contributed by atoms with Crippen LogP contribution in [-0.4, -0.2) is 23.4 Å². The highest BCUT2D eigenvalue weighted by molar-refractivity contribution is 6.17. The molecule has 1 aliphatic heterocycles. The zero-order valence-corrected chi connectivity index (χ0v) is 13.3. The number of aryl methyl sites for hydroxylation is 3. The van der Waals surface area contributed by atoms with Gasteiger partial charge in [-0.05, 0) is 69.7 Å². The Labute approximate surface area is 123 Å². The van der Waals surface area contributed by atoms with E-state index in [1.165, 1.54) is 48.1 Å². The van der Waals surface area contributed by atoms with Crippen LogP contribution < -0.4 is 0 Å². The van der Waals surface area contributed by atoms with E-state index in [0.29, 0.717) is 0 Å². The van der Waals surface area contributed by atoms with Crippen LogP contribution in [0.2, 0.25) is 0 Å². The first-order chi connectivity index (χ1) is 9.11. The van der Waals surface area contributed by atoms with Crippen molar-refractivity contribution in [1.29, 1.82) is 0 Å². The van der Waals surface area contributed by atoms with Gasteiger partial charge >= 0.3 is 0 Å². The Balaban J connectivity index is 2.08. The number of hydrogen-bond acceptors (Lipinski definition) is 1. The normalized spacial score (nSPS) is 20.1. The smallest absolute Gasteiger partial charge is 0.0241 e. The Morgan fingerprint density at radius 2 is 1.89 bits per heavy atom. The molecule has 0 aromatic heterocycles. The fraction of sp³-hybridized carbons (Fsp3) is 0.647. The Morgan fingerprint density at radius 1 is 1.21 bits per heavy atom. The highest BCUT2D eigenvalue weighted by Gasteiger charge is 2.24. The summed E-state index contributed by atoms with van der Waals surface area (Å²) in [7, 11) is 0. The number of hydrogen-bond donors (Lipinski definition) is 0. The molecule has 106 valence electrons. The van der Waals surface area contributed by atoms with Gasteiger partial charge < -0.3 is 0 Å². The van der Waals surface area contributed by atoms with E-state index in [1.807, 2.05) is 0 Å². The summed E-state index contributed by atoms with van der Waals surface area (Å²) >= 11 is 5.84. The Bertz CT molecular complexity index is 404. The molecule has 0 aliphatic carbocycles. The second-order valence-electron chi connectivity index (χ2n) is 5.98. The van der Waals surface area contributed by atoms with Gasteiger partial charge in [-0.2, -0.15) is 0 Å². The monoisotopic (exact) mass is 279 g/mol. The summed E-state index contributed by atoms with van der Waals surface area (Å²) in [6, 6.07) is 5.37. The van der Waals surface area contributed by atoms with E-state index in [-0.39, 0.29) is 0 Å². The third kappa shape index (κ3) is 3.73. The quantitative estimate of drug-likeness (QED) is 0.712. The molecule has 1 heterocycles. The second-order valence-corrected chi connectivity index (χ2v) is 6.35. The minimum Gasteiger partial charge on any atom is -0.296 e. The van der Waals surface area contributed by atoms with Crippen LogP contribution in [0, 0.1) is 20.8 Å². The molecule has 0 amide bonds. The fourth-order valence-electron chi connectivity index (χ4n) is 3.41. The molecule has 0 bridgehead atoms. The van der Waals surface area contributed by atoms with Crippen LogP contribution in [0.5, 0.6) is 0 Å². The van der Waals surface area contributed by atoms with Crippen molar-refractivity contribution in [2.75, 3.05) is 12.4 Å². The molecule has 1 aromatic carbocycles. The first kappa shape index (κ1) is 14.9. The maximum atomic E-state index is 5.84. The molecule has 1 aliphatic rings. The first-order valence-electron chi connectivity index (χ1n) is 7.48. The molecular weight excluding hydrogens is 254 g/mol. The van der Waals surface area contributed by atoms with E-state index in [9.17, 15) is 0 Å². The maximum Gasteiger partial charge on any atom is 0.0241 e. The molecule has 1 unspecified atom stereocenters. The number of alkyl halides is 1. The predicted molar refractivity (Wildman–Crippen MR) is 84.0 cm³/mol. The fourth-order valence-corrected chi connectivity index (χ4v) is 3.56.